The molecule has 3 rings (SSSR count). The van der Waals surface area contributed by atoms with Gasteiger partial charge in [-0.25, -0.2) is 4.98 Å². The van der Waals surface area contributed by atoms with Gasteiger partial charge >= 0.3 is 0 Å². The van der Waals surface area contributed by atoms with Crippen molar-refractivity contribution in [3.8, 4) is 0 Å². The molecule has 1 aliphatic rings. The second-order valence-corrected chi connectivity index (χ2v) is 5.40. The van der Waals surface area contributed by atoms with E-state index in [2.05, 4.69) is 15.2 Å². The van der Waals surface area contributed by atoms with E-state index in [0.717, 1.165) is 30.2 Å². The van der Waals surface area contributed by atoms with E-state index < -0.39 is 0 Å². The standard InChI is InChI=1S/C17H19N3O/c1-13-6-4-7-14(12-13)18-17(21)15-8-5-9-16(19-15)20-10-2-3-11-20/h4-9,12H,2-3,10-11H2,1H3,(H,18,21). The number of carbonyl (C=O) groups excluding carboxylic acids is 1. The number of amides is 1. The van der Waals surface area contributed by atoms with Crippen LogP contribution < -0.4 is 10.2 Å². The highest BCUT2D eigenvalue weighted by Gasteiger charge is 2.15. The number of carbonyl (C=O) groups is 1. The molecule has 1 aromatic carbocycles. The maximum Gasteiger partial charge on any atom is 0.274 e. The van der Waals surface area contributed by atoms with Crippen molar-refractivity contribution in [2.45, 2.75) is 19.8 Å². The molecule has 4 heteroatoms. The van der Waals surface area contributed by atoms with E-state index >= 15 is 0 Å². The predicted molar refractivity (Wildman–Crippen MR) is 84.8 cm³/mol. The summed E-state index contributed by atoms with van der Waals surface area (Å²) >= 11 is 0. The topological polar surface area (TPSA) is 45.2 Å². The first kappa shape index (κ1) is 13.6. The van der Waals surface area contributed by atoms with Gasteiger partial charge in [-0.05, 0) is 49.6 Å². The van der Waals surface area contributed by atoms with Gasteiger partial charge in [0.25, 0.3) is 5.91 Å². The highest BCUT2D eigenvalue weighted by atomic mass is 16.1. The Bertz CT molecular complexity index is 648. The van der Waals surface area contributed by atoms with Crippen LogP contribution in [-0.2, 0) is 0 Å². The summed E-state index contributed by atoms with van der Waals surface area (Å²) < 4.78 is 0. The van der Waals surface area contributed by atoms with E-state index in [1.54, 1.807) is 6.07 Å². The minimum Gasteiger partial charge on any atom is -0.357 e. The van der Waals surface area contributed by atoms with Gasteiger partial charge in [0.2, 0.25) is 0 Å². The van der Waals surface area contributed by atoms with Gasteiger partial charge in [0.05, 0.1) is 0 Å². The van der Waals surface area contributed by atoms with Gasteiger partial charge in [0, 0.05) is 18.8 Å². The normalized spacial score (nSPS) is 14.2. The zero-order valence-corrected chi connectivity index (χ0v) is 12.2. The third-order valence-corrected chi connectivity index (χ3v) is 3.67. The van der Waals surface area contributed by atoms with Crippen LogP contribution in [0.15, 0.2) is 42.5 Å². The van der Waals surface area contributed by atoms with Gasteiger partial charge in [0.15, 0.2) is 0 Å². The smallest absolute Gasteiger partial charge is 0.274 e. The Labute approximate surface area is 124 Å². The summed E-state index contributed by atoms with van der Waals surface area (Å²) in [6.45, 7) is 4.05. The molecule has 1 saturated heterocycles. The minimum atomic E-state index is -0.165. The molecule has 0 spiro atoms. The Kier molecular flexibility index (Phi) is 3.86. The largest absolute Gasteiger partial charge is 0.357 e. The molecule has 1 amide bonds. The lowest BCUT2D eigenvalue weighted by Crippen LogP contribution is -2.21. The number of rotatable bonds is 3. The van der Waals surface area contributed by atoms with Crippen molar-refractivity contribution in [1.82, 2.24) is 4.98 Å². The quantitative estimate of drug-likeness (QED) is 0.939. The fraction of sp³-hybridized carbons (Fsp3) is 0.294. The van der Waals surface area contributed by atoms with E-state index in [1.165, 1.54) is 12.8 Å². The number of aromatic nitrogens is 1. The molecule has 0 aliphatic carbocycles. The minimum absolute atomic E-state index is 0.165. The molecule has 1 fully saturated rings. The van der Waals surface area contributed by atoms with Crippen molar-refractivity contribution in [2.75, 3.05) is 23.3 Å². The molecule has 0 saturated carbocycles. The van der Waals surface area contributed by atoms with Gasteiger partial charge in [0.1, 0.15) is 11.5 Å². The molecule has 4 nitrogen and oxygen atoms in total. The molecule has 1 aromatic heterocycles. The van der Waals surface area contributed by atoms with Gasteiger partial charge in [-0.3, -0.25) is 4.79 Å². The van der Waals surface area contributed by atoms with Crippen LogP contribution in [0.1, 0.15) is 28.9 Å². The van der Waals surface area contributed by atoms with E-state index in [9.17, 15) is 4.79 Å². The zero-order chi connectivity index (χ0) is 14.7. The zero-order valence-electron chi connectivity index (χ0n) is 12.2. The number of benzene rings is 1. The highest BCUT2D eigenvalue weighted by molar-refractivity contribution is 6.03. The summed E-state index contributed by atoms with van der Waals surface area (Å²) in [5.41, 5.74) is 2.38. The summed E-state index contributed by atoms with van der Waals surface area (Å²) in [5, 5.41) is 2.90. The summed E-state index contributed by atoms with van der Waals surface area (Å²) in [4.78, 5) is 19.0. The van der Waals surface area contributed by atoms with Gasteiger partial charge in [-0.15, -0.1) is 0 Å². The third kappa shape index (κ3) is 3.21. The molecule has 0 unspecified atom stereocenters. The van der Waals surface area contributed by atoms with E-state index in [1.807, 2.05) is 43.3 Å². The lowest BCUT2D eigenvalue weighted by molar-refractivity contribution is 0.102. The molecule has 2 aromatic rings. The number of nitrogens with one attached hydrogen (secondary N) is 1. The molecule has 0 atom stereocenters. The average Bonchev–Trinajstić information content (AvgIpc) is 3.02. The summed E-state index contributed by atoms with van der Waals surface area (Å²) in [6, 6.07) is 13.4. The fourth-order valence-electron chi connectivity index (χ4n) is 2.59. The molecule has 108 valence electrons. The number of hydrogen-bond donors (Lipinski definition) is 1. The fourth-order valence-corrected chi connectivity index (χ4v) is 2.59. The molecule has 1 aliphatic heterocycles. The predicted octanol–water partition coefficient (Wildman–Crippen LogP) is 3.24. The van der Waals surface area contributed by atoms with Crippen molar-refractivity contribution >= 4 is 17.4 Å². The molecule has 0 radical (unpaired) electrons. The Hall–Kier alpha value is -2.36. The summed E-state index contributed by atoms with van der Waals surface area (Å²) in [7, 11) is 0. The maximum absolute atomic E-state index is 12.3. The molecular formula is C17H19N3O. The molecular weight excluding hydrogens is 262 g/mol. The summed E-state index contributed by atoms with van der Waals surface area (Å²) in [6.07, 6.45) is 2.39. The van der Waals surface area contributed by atoms with E-state index in [0.29, 0.717) is 5.69 Å². The first-order valence-electron chi connectivity index (χ1n) is 7.32. The molecule has 0 bridgehead atoms. The van der Waals surface area contributed by atoms with Crippen molar-refractivity contribution in [3.63, 3.8) is 0 Å². The summed E-state index contributed by atoms with van der Waals surface area (Å²) in [5.74, 6) is 0.728. The van der Waals surface area contributed by atoms with Crippen molar-refractivity contribution in [2.24, 2.45) is 0 Å². The first-order valence-corrected chi connectivity index (χ1v) is 7.32. The number of anilines is 2. The molecule has 1 N–H and O–H groups in total. The highest BCUT2D eigenvalue weighted by Crippen LogP contribution is 2.18. The van der Waals surface area contributed by atoms with Crippen LogP contribution in [-0.4, -0.2) is 24.0 Å². The second-order valence-electron chi connectivity index (χ2n) is 5.40. The molecule has 21 heavy (non-hydrogen) atoms. The van der Waals surface area contributed by atoms with Gasteiger partial charge in [-0.1, -0.05) is 18.2 Å². The van der Waals surface area contributed by atoms with Gasteiger partial charge in [-0.2, -0.15) is 0 Å². The van der Waals surface area contributed by atoms with Crippen molar-refractivity contribution in [1.29, 1.82) is 0 Å². The maximum atomic E-state index is 12.3. The first-order chi connectivity index (χ1) is 10.2. The lowest BCUT2D eigenvalue weighted by atomic mass is 10.2. The van der Waals surface area contributed by atoms with Crippen LogP contribution in [0.4, 0.5) is 11.5 Å². The van der Waals surface area contributed by atoms with Crippen LogP contribution in [0.3, 0.4) is 0 Å². The third-order valence-electron chi connectivity index (χ3n) is 3.67. The number of aryl methyl sites for hydroxylation is 1. The SMILES string of the molecule is Cc1cccc(NC(=O)c2cccc(N3CCCC3)n2)c1. The van der Waals surface area contributed by atoms with Crippen LogP contribution >= 0.6 is 0 Å². The van der Waals surface area contributed by atoms with Crippen molar-refractivity contribution < 1.29 is 4.79 Å². The van der Waals surface area contributed by atoms with Crippen LogP contribution in [0.2, 0.25) is 0 Å². The Balaban J connectivity index is 1.76. The second kappa shape index (κ2) is 5.95. The lowest BCUT2D eigenvalue weighted by Gasteiger charge is -2.16. The molecule has 2 heterocycles. The Morgan fingerprint density at radius 3 is 2.67 bits per heavy atom. The van der Waals surface area contributed by atoms with E-state index in [-0.39, 0.29) is 5.91 Å². The number of nitrogens with zero attached hydrogens (tertiary/aromatic N) is 2. The monoisotopic (exact) mass is 281 g/mol. The number of pyridine rings is 1. The van der Waals surface area contributed by atoms with Gasteiger partial charge < -0.3 is 10.2 Å². The number of hydrogen-bond acceptors (Lipinski definition) is 3. The van der Waals surface area contributed by atoms with Crippen LogP contribution in [0.25, 0.3) is 0 Å². The average molecular weight is 281 g/mol. The Morgan fingerprint density at radius 2 is 1.90 bits per heavy atom. The van der Waals surface area contributed by atoms with E-state index in [4.69, 9.17) is 0 Å². The van der Waals surface area contributed by atoms with Crippen molar-refractivity contribution in [3.05, 3.63) is 53.7 Å². The van der Waals surface area contributed by atoms with Crippen LogP contribution in [0.5, 0.6) is 0 Å². The van der Waals surface area contributed by atoms with Crippen LogP contribution in [0, 0.1) is 6.92 Å². The Morgan fingerprint density at radius 1 is 1.14 bits per heavy atom.